The van der Waals surface area contributed by atoms with Crippen LogP contribution in [0.25, 0.3) is 0 Å². The van der Waals surface area contributed by atoms with E-state index in [0.29, 0.717) is 6.54 Å². The topological polar surface area (TPSA) is 41.6 Å². The van der Waals surface area contributed by atoms with Gasteiger partial charge in [0, 0.05) is 12.6 Å². The van der Waals surface area contributed by atoms with Crippen molar-refractivity contribution < 1.29 is 22.7 Å². The third-order valence-corrected chi connectivity index (χ3v) is 3.03. The Morgan fingerprint density at radius 1 is 1.30 bits per heavy atom. The average molecular weight is 298 g/mol. The minimum atomic E-state index is -4.30. The Kier molecular flexibility index (Phi) is 7.51. The summed E-state index contributed by atoms with van der Waals surface area (Å²) in [5.74, 6) is -0.557. The molecule has 0 saturated carbocycles. The zero-order valence-corrected chi connectivity index (χ0v) is 12.8. The minimum Gasteiger partial charge on any atom is -0.468 e. The molecule has 0 bridgehead atoms. The smallest absolute Gasteiger partial charge is 0.401 e. The van der Waals surface area contributed by atoms with Crippen molar-refractivity contribution in [3.8, 4) is 0 Å². The van der Waals surface area contributed by atoms with Gasteiger partial charge in [-0.1, -0.05) is 6.92 Å². The number of halogens is 3. The van der Waals surface area contributed by atoms with E-state index < -0.39 is 24.2 Å². The first-order chi connectivity index (χ1) is 9.05. The van der Waals surface area contributed by atoms with E-state index in [1.807, 2.05) is 6.92 Å². The maximum atomic E-state index is 12.6. The number of rotatable bonds is 8. The number of hydrogen-bond acceptors (Lipinski definition) is 4. The molecule has 0 aliphatic carbocycles. The highest BCUT2D eigenvalue weighted by Gasteiger charge is 2.40. The fourth-order valence-corrected chi connectivity index (χ4v) is 1.88. The maximum Gasteiger partial charge on any atom is 0.401 e. The number of carbonyl (C=O) groups is 1. The molecule has 4 nitrogen and oxygen atoms in total. The van der Waals surface area contributed by atoms with Crippen LogP contribution in [0.4, 0.5) is 13.2 Å². The summed E-state index contributed by atoms with van der Waals surface area (Å²) in [5, 5.41) is 2.98. The van der Waals surface area contributed by atoms with Gasteiger partial charge in [-0.2, -0.15) is 13.2 Å². The van der Waals surface area contributed by atoms with E-state index >= 15 is 0 Å². The molecule has 0 amide bonds. The van der Waals surface area contributed by atoms with Crippen LogP contribution in [-0.4, -0.2) is 55.4 Å². The van der Waals surface area contributed by atoms with E-state index in [-0.39, 0.29) is 12.6 Å². The van der Waals surface area contributed by atoms with Crippen LogP contribution >= 0.6 is 0 Å². The van der Waals surface area contributed by atoms with Crippen LogP contribution in [-0.2, 0) is 9.53 Å². The Morgan fingerprint density at radius 2 is 1.85 bits per heavy atom. The van der Waals surface area contributed by atoms with Gasteiger partial charge in [0.25, 0.3) is 0 Å². The summed E-state index contributed by atoms with van der Waals surface area (Å²) in [6, 6.07) is -0.330. The molecule has 0 radical (unpaired) electrons. The molecule has 0 aromatic heterocycles. The Balaban J connectivity index is 5.02. The molecule has 0 aromatic rings. The van der Waals surface area contributed by atoms with Crippen LogP contribution in [0.2, 0.25) is 0 Å². The molecule has 1 N–H and O–H groups in total. The van der Waals surface area contributed by atoms with Crippen molar-refractivity contribution in [2.45, 2.75) is 51.9 Å². The van der Waals surface area contributed by atoms with Gasteiger partial charge in [0.15, 0.2) is 0 Å². The molecule has 0 spiro atoms. The van der Waals surface area contributed by atoms with Crippen LogP contribution in [0.3, 0.4) is 0 Å². The Morgan fingerprint density at radius 3 is 2.20 bits per heavy atom. The van der Waals surface area contributed by atoms with Gasteiger partial charge in [-0.25, -0.2) is 0 Å². The molecule has 0 fully saturated rings. The van der Waals surface area contributed by atoms with Gasteiger partial charge in [0.05, 0.1) is 13.7 Å². The minimum absolute atomic E-state index is 0.0587. The van der Waals surface area contributed by atoms with Crippen molar-refractivity contribution in [2.75, 3.05) is 26.7 Å². The lowest BCUT2D eigenvalue weighted by Gasteiger charge is -2.36. The number of nitrogens with zero attached hydrogens (tertiary/aromatic N) is 1. The summed E-state index contributed by atoms with van der Waals surface area (Å²) in [6.07, 6.45) is -3.53. The molecule has 0 aromatic carbocycles. The van der Waals surface area contributed by atoms with E-state index in [4.69, 9.17) is 4.74 Å². The van der Waals surface area contributed by atoms with Crippen LogP contribution in [0.1, 0.15) is 34.1 Å². The molecule has 20 heavy (non-hydrogen) atoms. The van der Waals surface area contributed by atoms with Crippen LogP contribution in [0, 0.1) is 0 Å². The van der Waals surface area contributed by atoms with Gasteiger partial charge in [-0.15, -0.1) is 0 Å². The third kappa shape index (κ3) is 6.56. The summed E-state index contributed by atoms with van der Waals surface area (Å²) >= 11 is 0. The second-order valence-corrected chi connectivity index (χ2v) is 5.36. The van der Waals surface area contributed by atoms with Crippen molar-refractivity contribution in [1.82, 2.24) is 10.2 Å². The van der Waals surface area contributed by atoms with E-state index in [2.05, 4.69) is 5.32 Å². The van der Waals surface area contributed by atoms with E-state index in [9.17, 15) is 18.0 Å². The Hall–Kier alpha value is -0.820. The largest absolute Gasteiger partial charge is 0.468 e. The molecule has 1 unspecified atom stereocenters. The highest BCUT2D eigenvalue weighted by atomic mass is 19.4. The molecular formula is C13H25F3N2O2. The highest BCUT2D eigenvalue weighted by Crippen LogP contribution is 2.20. The van der Waals surface area contributed by atoms with Gasteiger partial charge >= 0.3 is 12.1 Å². The van der Waals surface area contributed by atoms with Crippen molar-refractivity contribution in [3.05, 3.63) is 0 Å². The fraction of sp³-hybridized carbons (Fsp3) is 0.923. The van der Waals surface area contributed by atoms with Crippen molar-refractivity contribution >= 4 is 5.97 Å². The zero-order valence-electron chi connectivity index (χ0n) is 12.8. The molecule has 120 valence electrons. The summed E-state index contributed by atoms with van der Waals surface area (Å²) in [4.78, 5) is 13.1. The fourth-order valence-electron chi connectivity index (χ4n) is 1.88. The monoisotopic (exact) mass is 298 g/mol. The van der Waals surface area contributed by atoms with Crippen molar-refractivity contribution in [3.63, 3.8) is 0 Å². The average Bonchev–Trinajstić information content (AvgIpc) is 2.32. The first-order valence-electron chi connectivity index (χ1n) is 6.70. The quantitative estimate of drug-likeness (QED) is 0.698. The molecule has 1 atom stereocenters. The number of alkyl halides is 3. The summed E-state index contributed by atoms with van der Waals surface area (Å²) in [7, 11) is 1.23. The Bertz CT molecular complexity index is 308. The van der Waals surface area contributed by atoms with Crippen LogP contribution in [0.15, 0.2) is 0 Å². The van der Waals surface area contributed by atoms with Crippen LogP contribution < -0.4 is 5.32 Å². The van der Waals surface area contributed by atoms with E-state index in [0.717, 1.165) is 6.42 Å². The zero-order chi connectivity index (χ0) is 16.0. The summed E-state index contributed by atoms with van der Waals surface area (Å²) in [6.45, 7) is 6.25. The second kappa shape index (κ2) is 7.83. The molecule has 0 heterocycles. The molecule has 0 aliphatic heterocycles. The number of esters is 1. The Labute approximate surface area is 118 Å². The number of carbonyl (C=O) groups excluding carboxylic acids is 1. The van der Waals surface area contributed by atoms with E-state index in [1.165, 1.54) is 12.0 Å². The van der Waals surface area contributed by atoms with Crippen molar-refractivity contribution in [2.24, 2.45) is 0 Å². The van der Waals surface area contributed by atoms with Gasteiger partial charge in [-0.05, 0) is 33.7 Å². The summed E-state index contributed by atoms with van der Waals surface area (Å²) < 4.78 is 42.5. The first-order valence-corrected chi connectivity index (χ1v) is 6.70. The van der Waals surface area contributed by atoms with E-state index in [1.54, 1.807) is 20.8 Å². The molecule has 0 saturated heterocycles. The lowest BCUT2D eigenvalue weighted by molar-refractivity contribution is -0.160. The third-order valence-electron chi connectivity index (χ3n) is 3.03. The molecule has 0 aliphatic rings. The van der Waals surface area contributed by atoms with Gasteiger partial charge in [0.1, 0.15) is 5.54 Å². The molecular weight excluding hydrogens is 273 g/mol. The predicted molar refractivity (Wildman–Crippen MR) is 71.5 cm³/mol. The SMILES string of the molecule is CCCNC(C)(CN(CC(F)(F)F)C(C)C)C(=O)OC. The van der Waals surface area contributed by atoms with Crippen molar-refractivity contribution in [1.29, 1.82) is 0 Å². The molecule has 7 heteroatoms. The number of hydrogen-bond donors (Lipinski definition) is 1. The normalized spacial score (nSPS) is 15.5. The first kappa shape index (κ1) is 19.2. The van der Waals surface area contributed by atoms with Gasteiger partial charge in [-0.3, -0.25) is 9.69 Å². The lowest BCUT2D eigenvalue weighted by Crippen LogP contribution is -2.59. The number of nitrogens with one attached hydrogen (secondary N) is 1. The predicted octanol–water partition coefficient (Wildman–Crippen LogP) is 2.19. The summed E-state index contributed by atoms with van der Waals surface area (Å²) in [5.41, 5.74) is -1.15. The second-order valence-electron chi connectivity index (χ2n) is 5.36. The van der Waals surface area contributed by atoms with Gasteiger partial charge < -0.3 is 10.1 Å². The van der Waals surface area contributed by atoms with Crippen LogP contribution in [0.5, 0.6) is 0 Å². The lowest BCUT2D eigenvalue weighted by atomic mass is 10.0. The highest BCUT2D eigenvalue weighted by molar-refractivity contribution is 5.80. The maximum absolute atomic E-state index is 12.6. The standard InChI is InChI=1S/C13H25F3N2O2/c1-6-7-17-12(4,11(19)20-5)8-18(10(2)3)9-13(14,15)16/h10,17H,6-9H2,1-5H3. The number of ether oxygens (including phenoxy) is 1. The number of methoxy groups -OCH3 is 1. The molecule has 0 rings (SSSR count). The van der Waals surface area contributed by atoms with Gasteiger partial charge in [0.2, 0.25) is 0 Å².